The Bertz CT molecular complexity index is 626. The average Bonchev–Trinajstić information content (AvgIpc) is 2.82. The van der Waals surface area contributed by atoms with E-state index in [1.165, 1.54) is 50.0 Å². The van der Waals surface area contributed by atoms with Crippen LogP contribution in [-0.4, -0.2) is 51.1 Å². The summed E-state index contributed by atoms with van der Waals surface area (Å²) in [5.74, 6) is 2.37. The second-order valence-electron chi connectivity index (χ2n) is 8.48. The zero-order valence-electron chi connectivity index (χ0n) is 16.3. The summed E-state index contributed by atoms with van der Waals surface area (Å²) in [5.41, 5.74) is 0.0568. The molecule has 2 aliphatic rings. The van der Waals surface area contributed by atoms with Crippen LogP contribution in [0.4, 0.5) is 0 Å². The first-order valence-corrected chi connectivity index (χ1v) is 9.87. The lowest BCUT2D eigenvalue weighted by Crippen LogP contribution is -2.42. The molecule has 1 unspecified atom stereocenters. The standard InChI is InChI=1S/C19H34N4O2/c1-5-23-17(20-21(4)18(23)24)12-15-6-9-22(10-7-15)14-16-8-11-25-19(2,3)13-16/h15-16H,5-14H2,1-4H3. The van der Waals surface area contributed by atoms with Gasteiger partial charge in [0, 0.05) is 33.2 Å². The molecule has 3 rings (SSSR count). The number of hydrogen-bond donors (Lipinski definition) is 0. The monoisotopic (exact) mass is 350 g/mol. The number of aromatic nitrogens is 3. The van der Waals surface area contributed by atoms with Crippen molar-refractivity contribution in [1.82, 2.24) is 19.2 Å². The zero-order valence-corrected chi connectivity index (χ0v) is 16.3. The largest absolute Gasteiger partial charge is 0.376 e. The Morgan fingerprint density at radius 2 is 1.92 bits per heavy atom. The van der Waals surface area contributed by atoms with Crippen LogP contribution in [0.2, 0.25) is 0 Å². The molecule has 0 spiro atoms. The highest BCUT2D eigenvalue weighted by Crippen LogP contribution is 2.30. The van der Waals surface area contributed by atoms with Crippen molar-refractivity contribution in [3.8, 4) is 0 Å². The maximum atomic E-state index is 12.0. The van der Waals surface area contributed by atoms with Gasteiger partial charge in [0.25, 0.3) is 0 Å². The fourth-order valence-corrected chi connectivity index (χ4v) is 4.53. The summed E-state index contributed by atoms with van der Waals surface area (Å²) in [5, 5.41) is 4.44. The van der Waals surface area contributed by atoms with Crippen molar-refractivity contribution in [3.05, 3.63) is 16.3 Å². The van der Waals surface area contributed by atoms with E-state index in [0.717, 1.165) is 24.8 Å². The van der Waals surface area contributed by atoms with E-state index >= 15 is 0 Å². The molecule has 1 aromatic heterocycles. The fraction of sp³-hybridized carbons (Fsp3) is 0.895. The van der Waals surface area contributed by atoms with Gasteiger partial charge in [-0.3, -0.25) is 4.57 Å². The van der Waals surface area contributed by atoms with Crippen molar-refractivity contribution in [1.29, 1.82) is 0 Å². The summed E-state index contributed by atoms with van der Waals surface area (Å²) in [6, 6.07) is 0. The third-order valence-corrected chi connectivity index (χ3v) is 5.89. The molecular weight excluding hydrogens is 316 g/mol. The smallest absolute Gasteiger partial charge is 0.345 e. The van der Waals surface area contributed by atoms with Gasteiger partial charge in [-0.1, -0.05) is 0 Å². The van der Waals surface area contributed by atoms with Crippen LogP contribution in [0.25, 0.3) is 0 Å². The number of rotatable bonds is 5. The van der Waals surface area contributed by atoms with Gasteiger partial charge in [0.1, 0.15) is 5.82 Å². The van der Waals surface area contributed by atoms with Gasteiger partial charge in [-0.05, 0) is 71.4 Å². The molecule has 0 bridgehead atoms. The van der Waals surface area contributed by atoms with Gasteiger partial charge in [-0.25, -0.2) is 9.48 Å². The third-order valence-electron chi connectivity index (χ3n) is 5.89. The summed E-state index contributed by atoms with van der Waals surface area (Å²) < 4.78 is 9.14. The fourth-order valence-electron chi connectivity index (χ4n) is 4.53. The number of aryl methyl sites for hydroxylation is 1. The summed E-state index contributed by atoms with van der Waals surface area (Å²) in [4.78, 5) is 14.7. The van der Waals surface area contributed by atoms with Gasteiger partial charge in [-0.15, -0.1) is 0 Å². The minimum Gasteiger partial charge on any atom is -0.376 e. The predicted octanol–water partition coefficient (Wildman–Crippen LogP) is 2.06. The van der Waals surface area contributed by atoms with Crippen LogP contribution in [0.1, 0.15) is 52.3 Å². The quantitative estimate of drug-likeness (QED) is 0.816. The van der Waals surface area contributed by atoms with Crippen molar-refractivity contribution >= 4 is 0 Å². The molecule has 1 aromatic rings. The molecule has 2 fully saturated rings. The second kappa shape index (κ2) is 7.62. The summed E-state index contributed by atoms with van der Waals surface area (Å²) in [6.45, 7) is 11.6. The molecule has 0 aliphatic carbocycles. The number of hydrogen-bond acceptors (Lipinski definition) is 4. The van der Waals surface area contributed by atoms with E-state index in [0.29, 0.717) is 12.5 Å². The van der Waals surface area contributed by atoms with E-state index in [1.54, 1.807) is 7.05 Å². The summed E-state index contributed by atoms with van der Waals surface area (Å²) in [6.07, 6.45) is 5.72. The lowest BCUT2D eigenvalue weighted by atomic mass is 9.87. The molecule has 3 heterocycles. The molecule has 2 aliphatic heterocycles. The lowest BCUT2D eigenvalue weighted by molar-refractivity contribution is -0.0777. The van der Waals surface area contributed by atoms with Gasteiger partial charge in [0.2, 0.25) is 0 Å². The highest BCUT2D eigenvalue weighted by molar-refractivity contribution is 4.91. The minimum absolute atomic E-state index is 0.0112. The van der Waals surface area contributed by atoms with Gasteiger partial charge in [-0.2, -0.15) is 5.10 Å². The van der Waals surface area contributed by atoms with Crippen molar-refractivity contribution in [3.63, 3.8) is 0 Å². The van der Waals surface area contributed by atoms with Crippen molar-refractivity contribution in [2.24, 2.45) is 18.9 Å². The number of piperidine rings is 1. The first-order valence-electron chi connectivity index (χ1n) is 9.87. The highest BCUT2D eigenvalue weighted by atomic mass is 16.5. The van der Waals surface area contributed by atoms with Gasteiger partial charge < -0.3 is 9.64 Å². The Labute approximate surface area is 151 Å². The first kappa shape index (κ1) is 18.6. The summed E-state index contributed by atoms with van der Waals surface area (Å²) in [7, 11) is 1.75. The second-order valence-corrected chi connectivity index (χ2v) is 8.48. The Morgan fingerprint density at radius 1 is 1.20 bits per heavy atom. The molecule has 25 heavy (non-hydrogen) atoms. The maximum absolute atomic E-state index is 12.0. The molecule has 0 saturated carbocycles. The van der Waals surface area contributed by atoms with Crippen LogP contribution < -0.4 is 5.69 Å². The molecule has 0 aromatic carbocycles. The molecular formula is C19H34N4O2. The van der Waals surface area contributed by atoms with Crippen molar-refractivity contribution in [2.45, 2.75) is 65.0 Å². The number of likely N-dealkylation sites (tertiary alicyclic amines) is 1. The number of ether oxygens (including phenoxy) is 1. The van der Waals surface area contributed by atoms with Crippen LogP contribution in [0.3, 0.4) is 0 Å². The van der Waals surface area contributed by atoms with Gasteiger partial charge in [0.15, 0.2) is 0 Å². The molecule has 6 nitrogen and oxygen atoms in total. The molecule has 142 valence electrons. The van der Waals surface area contributed by atoms with E-state index < -0.39 is 0 Å². The number of nitrogens with zero attached hydrogens (tertiary/aromatic N) is 4. The van der Waals surface area contributed by atoms with Crippen LogP contribution in [0.15, 0.2) is 4.79 Å². The molecule has 1 atom stereocenters. The van der Waals surface area contributed by atoms with Crippen molar-refractivity contribution < 1.29 is 4.74 Å². The molecule has 2 saturated heterocycles. The first-order chi connectivity index (χ1) is 11.9. The van der Waals surface area contributed by atoms with Crippen LogP contribution in [0, 0.1) is 11.8 Å². The van der Waals surface area contributed by atoms with E-state index in [9.17, 15) is 4.79 Å². The Kier molecular flexibility index (Phi) is 5.68. The molecule has 6 heteroatoms. The van der Waals surface area contributed by atoms with E-state index in [2.05, 4.69) is 23.8 Å². The summed E-state index contributed by atoms with van der Waals surface area (Å²) >= 11 is 0. The van der Waals surface area contributed by atoms with Crippen LogP contribution in [0.5, 0.6) is 0 Å². The molecule has 0 amide bonds. The lowest BCUT2D eigenvalue weighted by Gasteiger charge is -2.39. The molecule has 0 radical (unpaired) electrons. The average molecular weight is 351 g/mol. The highest BCUT2D eigenvalue weighted by Gasteiger charge is 2.31. The third kappa shape index (κ3) is 4.53. The zero-order chi connectivity index (χ0) is 18.0. The topological polar surface area (TPSA) is 52.3 Å². The van der Waals surface area contributed by atoms with Crippen LogP contribution >= 0.6 is 0 Å². The minimum atomic E-state index is 0.0112. The van der Waals surface area contributed by atoms with E-state index in [-0.39, 0.29) is 11.3 Å². The Balaban J connectivity index is 1.49. The maximum Gasteiger partial charge on any atom is 0.345 e. The molecule has 0 N–H and O–H groups in total. The van der Waals surface area contributed by atoms with Crippen LogP contribution in [-0.2, 0) is 24.8 Å². The predicted molar refractivity (Wildman–Crippen MR) is 98.8 cm³/mol. The Morgan fingerprint density at radius 3 is 2.56 bits per heavy atom. The van der Waals surface area contributed by atoms with Crippen molar-refractivity contribution in [2.75, 3.05) is 26.2 Å². The Hall–Kier alpha value is -1.14. The normalized spacial score (nSPS) is 25.4. The van der Waals surface area contributed by atoms with E-state index in [4.69, 9.17) is 4.74 Å². The SMILES string of the molecule is CCn1c(CC2CCN(CC3CCOC(C)(C)C3)CC2)nn(C)c1=O. The van der Waals surface area contributed by atoms with E-state index in [1.807, 2.05) is 11.5 Å². The van der Waals surface area contributed by atoms with Gasteiger partial charge in [0.05, 0.1) is 5.60 Å². The van der Waals surface area contributed by atoms with Gasteiger partial charge >= 0.3 is 5.69 Å².